The molecule has 1 rings (SSSR count). The maximum Gasteiger partial charge on any atom is 0.377 e. The number of hydrogen-bond acceptors (Lipinski definition) is 3. The molecule has 0 heterocycles. The van der Waals surface area contributed by atoms with E-state index in [1.165, 1.54) is 6.07 Å². The first-order valence-corrected chi connectivity index (χ1v) is 5.21. The molecule has 0 radical (unpaired) electrons. The van der Waals surface area contributed by atoms with Crippen molar-refractivity contribution in [3.05, 3.63) is 29.3 Å². The first-order valence-electron chi connectivity index (χ1n) is 3.98. The molecule has 74 valence electrons. The molecule has 0 atom stereocenters. The van der Waals surface area contributed by atoms with Crippen LogP contribution in [0, 0.1) is 6.92 Å². The Bertz CT molecular complexity index is 385. The number of Topliss-reactive ketones (excluding diaryl/α,β-unsaturated/α-hetero) is 1. The van der Waals surface area contributed by atoms with Crippen molar-refractivity contribution in [2.45, 2.75) is 11.8 Å². The average Bonchev–Trinajstić information content (AvgIpc) is 2.16. The summed E-state index contributed by atoms with van der Waals surface area (Å²) in [5.41, 5.74) is 1.15. The second-order valence-corrected chi connectivity index (χ2v) is 3.67. The molecule has 0 aliphatic carbocycles. The van der Waals surface area contributed by atoms with Crippen LogP contribution in [0.5, 0.6) is 0 Å². The summed E-state index contributed by atoms with van der Waals surface area (Å²) in [6, 6.07) is 4.90. The van der Waals surface area contributed by atoms with E-state index in [9.17, 15) is 9.59 Å². The van der Waals surface area contributed by atoms with Crippen LogP contribution in [0.4, 0.5) is 0 Å². The van der Waals surface area contributed by atoms with Crippen molar-refractivity contribution in [1.82, 2.24) is 0 Å². The van der Waals surface area contributed by atoms with Gasteiger partial charge in [0.25, 0.3) is 5.78 Å². The summed E-state index contributed by atoms with van der Waals surface area (Å²) in [6.45, 7) is 1.85. The van der Waals surface area contributed by atoms with Crippen LogP contribution in [0.3, 0.4) is 0 Å². The number of thioether (sulfide) groups is 1. The molecule has 1 N–H and O–H groups in total. The maximum atomic E-state index is 11.1. The Hall–Kier alpha value is -1.29. The van der Waals surface area contributed by atoms with Crippen LogP contribution in [0.2, 0.25) is 0 Å². The lowest BCUT2D eigenvalue weighted by atomic mass is 10.1. The van der Waals surface area contributed by atoms with Crippen LogP contribution >= 0.6 is 11.8 Å². The van der Waals surface area contributed by atoms with Crippen LogP contribution in [0.15, 0.2) is 23.1 Å². The van der Waals surface area contributed by atoms with Gasteiger partial charge in [-0.3, -0.25) is 4.79 Å². The first kappa shape index (κ1) is 10.8. The molecule has 0 bridgehead atoms. The predicted octanol–water partition coefficient (Wildman–Crippen LogP) is 1.98. The maximum absolute atomic E-state index is 11.1. The molecule has 0 aliphatic rings. The zero-order valence-corrected chi connectivity index (χ0v) is 8.72. The lowest BCUT2D eigenvalue weighted by Gasteiger charge is -2.03. The largest absolute Gasteiger partial charge is 0.475 e. The third-order valence-corrected chi connectivity index (χ3v) is 2.75. The molecule has 0 unspecified atom stereocenters. The second-order valence-electron chi connectivity index (χ2n) is 2.82. The smallest absolute Gasteiger partial charge is 0.377 e. The molecule has 1 aromatic carbocycles. The van der Waals surface area contributed by atoms with E-state index < -0.39 is 11.8 Å². The van der Waals surface area contributed by atoms with Crippen molar-refractivity contribution < 1.29 is 14.7 Å². The van der Waals surface area contributed by atoms with Crippen molar-refractivity contribution in [3.63, 3.8) is 0 Å². The van der Waals surface area contributed by atoms with E-state index in [-0.39, 0.29) is 5.56 Å². The van der Waals surface area contributed by atoms with Gasteiger partial charge < -0.3 is 5.11 Å². The lowest BCUT2D eigenvalue weighted by Crippen LogP contribution is -2.12. The Morgan fingerprint density at radius 1 is 1.36 bits per heavy atom. The molecule has 0 aliphatic heterocycles. The zero-order valence-electron chi connectivity index (χ0n) is 7.90. The van der Waals surface area contributed by atoms with E-state index >= 15 is 0 Å². The van der Waals surface area contributed by atoms with Gasteiger partial charge in [-0.2, -0.15) is 0 Å². The SMILES string of the molecule is CSc1ccc(C(=O)C(=O)O)cc1C. The van der Waals surface area contributed by atoms with Gasteiger partial charge in [0, 0.05) is 10.5 Å². The summed E-state index contributed by atoms with van der Waals surface area (Å²) in [6.07, 6.45) is 1.93. The Kier molecular flexibility index (Phi) is 3.30. The van der Waals surface area contributed by atoms with Gasteiger partial charge in [-0.1, -0.05) is 0 Å². The van der Waals surface area contributed by atoms with Crippen molar-refractivity contribution in [3.8, 4) is 0 Å². The van der Waals surface area contributed by atoms with Crippen molar-refractivity contribution in [2.75, 3.05) is 6.26 Å². The first-order chi connectivity index (χ1) is 6.56. The number of aliphatic carboxylic acids is 1. The molecule has 0 aromatic heterocycles. The van der Waals surface area contributed by atoms with Gasteiger partial charge in [0.1, 0.15) is 0 Å². The van der Waals surface area contributed by atoms with Crippen LogP contribution in [0.25, 0.3) is 0 Å². The van der Waals surface area contributed by atoms with Gasteiger partial charge in [-0.15, -0.1) is 11.8 Å². The highest BCUT2D eigenvalue weighted by Crippen LogP contribution is 2.20. The predicted molar refractivity (Wildman–Crippen MR) is 54.9 cm³/mol. The number of carboxylic acids is 1. The van der Waals surface area contributed by atoms with Crippen LogP contribution < -0.4 is 0 Å². The summed E-state index contributed by atoms with van der Waals surface area (Å²) in [7, 11) is 0. The Morgan fingerprint density at radius 3 is 2.43 bits per heavy atom. The molecular weight excluding hydrogens is 200 g/mol. The summed E-state index contributed by atoms with van der Waals surface area (Å²) < 4.78 is 0. The van der Waals surface area contributed by atoms with Gasteiger partial charge in [-0.05, 0) is 36.9 Å². The fourth-order valence-electron chi connectivity index (χ4n) is 1.14. The Labute approximate surface area is 86.1 Å². The molecule has 0 amide bonds. The highest BCUT2D eigenvalue weighted by molar-refractivity contribution is 7.98. The van der Waals surface area contributed by atoms with Crippen molar-refractivity contribution in [1.29, 1.82) is 0 Å². The highest BCUT2D eigenvalue weighted by atomic mass is 32.2. The minimum absolute atomic E-state index is 0.229. The fraction of sp³-hybridized carbons (Fsp3) is 0.200. The van der Waals surface area contributed by atoms with E-state index in [2.05, 4.69) is 0 Å². The summed E-state index contributed by atoms with van der Waals surface area (Å²) in [4.78, 5) is 22.5. The van der Waals surface area contributed by atoms with E-state index in [0.717, 1.165) is 10.5 Å². The Balaban J connectivity index is 3.09. The lowest BCUT2D eigenvalue weighted by molar-refractivity contribution is -0.131. The molecular formula is C10H10O3S. The molecule has 0 saturated carbocycles. The number of carboxylic acid groups (broad SMARTS) is 1. The van der Waals surface area contributed by atoms with Gasteiger partial charge in [0.2, 0.25) is 0 Å². The molecule has 0 fully saturated rings. The molecule has 1 aromatic rings. The monoisotopic (exact) mass is 210 g/mol. The van der Waals surface area contributed by atoms with E-state index in [0.29, 0.717) is 0 Å². The normalized spacial score (nSPS) is 9.86. The third-order valence-electron chi connectivity index (χ3n) is 1.85. The topological polar surface area (TPSA) is 54.4 Å². The number of rotatable bonds is 3. The standard InChI is InChI=1S/C10H10O3S/c1-6-5-7(9(11)10(12)13)3-4-8(6)14-2/h3-5H,1-2H3,(H,12,13). The molecule has 14 heavy (non-hydrogen) atoms. The summed E-state index contributed by atoms with van der Waals surface area (Å²) in [5, 5.41) is 8.50. The summed E-state index contributed by atoms with van der Waals surface area (Å²) in [5.74, 6) is -2.28. The van der Waals surface area contributed by atoms with Gasteiger partial charge in [0.05, 0.1) is 0 Å². The summed E-state index contributed by atoms with van der Waals surface area (Å²) >= 11 is 1.57. The number of carbonyl (C=O) groups excluding carboxylic acids is 1. The fourth-order valence-corrected chi connectivity index (χ4v) is 1.73. The number of ketones is 1. The molecule has 4 heteroatoms. The van der Waals surface area contributed by atoms with Gasteiger partial charge in [0.15, 0.2) is 0 Å². The van der Waals surface area contributed by atoms with Gasteiger partial charge >= 0.3 is 5.97 Å². The average molecular weight is 210 g/mol. The number of carbonyl (C=O) groups is 2. The zero-order chi connectivity index (χ0) is 10.7. The molecule has 0 saturated heterocycles. The van der Waals surface area contributed by atoms with Crippen molar-refractivity contribution in [2.24, 2.45) is 0 Å². The van der Waals surface area contributed by atoms with E-state index in [1.807, 2.05) is 13.2 Å². The van der Waals surface area contributed by atoms with Gasteiger partial charge in [-0.25, -0.2) is 4.79 Å². The second kappa shape index (κ2) is 4.28. The van der Waals surface area contributed by atoms with Crippen molar-refractivity contribution >= 4 is 23.5 Å². The Morgan fingerprint density at radius 2 is 2.00 bits per heavy atom. The quantitative estimate of drug-likeness (QED) is 0.471. The third kappa shape index (κ3) is 2.14. The minimum Gasteiger partial charge on any atom is -0.475 e. The number of hydrogen-bond donors (Lipinski definition) is 1. The van der Waals surface area contributed by atoms with E-state index in [1.54, 1.807) is 23.9 Å². The minimum atomic E-state index is -1.42. The van der Waals surface area contributed by atoms with Crippen LogP contribution in [-0.4, -0.2) is 23.1 Å². The van der Waals surface area contributed by atoms with E-state index in [4.69, 9.17) is 5.11 Å². The number of benzene rings is 1. The highest BCUT2D eigenvalue weighted by Gasteiger charge is 2.14. The molecule has 0 spiro atoms. The molecule has 3 nitrogen and oxygen atoms in total. The van der Waals surface area contributed by atoms with Crippen LogP contribution in [-0.2, 0) is 4.79 Å². The number of aryl methyl sites for hydroxylation is 1. The van der Waals surface area contributed by atoms with Crippen LogP contribution in [0.1, 0.15) is 15.9 Å².